The van der Waals surface area contributed by atoms with Gasteiger partial charge in [0.05, 0.1) is 18.4 Å². The molecule has 0 spiro atoms. The lowest BCUT2D eigenvalue weighted by Crippen LogP contribution is -2.39. The van der Waals surface area contributed by atoms with Crippen LogP contribution in [0.5, 0.6) is 0 Å². The van der Waals surface area contributed by atoms with Gasteiger partial charge in [0.25, 0.3) is 0 Å². The Labute approximate surface area is 107 Å². The first-order valence-corrected chi connectivity index (χ1v) is 5.69. The number of esters is 1. The van der Waals surface area contributed by atoms with Crippen molar-refractivity contribution in [3.05, 3.63) is 29.8 Å². The summed E-state index contributed by atoms with van der Waals surface area (Å²) >= 11 is 0. The molecule has 0 bridgehead atoms. The molecule has 0 saturated carbocycles. The maximum absolute atomic E-state index is 12.0. The minimum absolute atomic E-state index is 0.172. The number of hydrogen-bond acceptors (Lipinski definition) is 3. The average Bonchev–Trinajstić information content (AvgIpc) is 2.43. The molecule has 0 unspecified atom stereocenters. The number of amides is 2. The van der Waals surface area contributed by atoms with Crippen LogP contribution in [0.4, 0.5) is 10.5 Å². The number of carbonyl (C=O) groups is 2. The Morgan fingerprint density at radius 2 is 1.83 bits per heavy atom. The second-order valence-electron chi connectivity index (χ2n) is 3.86. The van der Waals surface area contributed by atoms with Gasteiger partial charge in [0.1, 0.15) is 0 Å². The number of hydrogen-bond donors (Lipinski definition) is 0. The van der Waals surface area contributed by atoms with E-state index in [1.165, 1.54) is 12.0 Å². The number of rotatable bonds is 3. The first-order valence-electron chi connectivity index (χ1n) is 5.69. The van der Waals surface area contributed by atoms with E-state index in [0.717, 1.165) is 0 Å². The molecule has 0 aliphatic heterocycles. The molecule has 0 saturated heterocycles. The Morgan fingerprint density at radius 1 is 1.22 bits per heavy atom. The van der Waals surface area contributed by atoms with Crippen molar-refractivity contribution in [2.45, 2.75) is 6.92 Å². The highest BCUT2D eigenvalue weighted by molar-refractivity contribution is 6.01. The van der Waals surface area contributed by atoms with Crippen LogP contribution in [-0.2, 0) is 4.74 Å². The highest BCUT2D eigenvalue weighted by Crippen LogP contribution is 2.20. The Balaban J connectivity index is 3.09. The van der Waals surface area contributed by atoms with E-state index in [4.69, 9.17) is 4.74 Å². The van der Waals surface area contributed by atoms with E-state index >= 15 is 0 Å². The number of anilines is 1. The van der Waals surface area contributed by atoms with Crippen LogP contribution in [0.1, 0.15) is 17.3 Å². The van der Waals surface area contributed by atoms with Crippen LogP contribution in [0.25, 0.3) is 0 Å². The molecule has 0 radical (unpaired) electrons. The molecule has 2 amide bonds. The number of para-hydroxylation sites is 1. The van der Waals surface area contributed by atoms with Crippen molar-refractivity contribution in [2.75, 3.05) is 32.6 Å². The van der Waals surface area contributed by atoms with Crippen LogP contribution in [0.2, 0.25) is 0 Å². The van der Waals surface area contributed by atoms with Crippen LogP contribution in [0.15, 0.2) is 24.3 Å². The topological polar surface area (TPSA) is 49.9 Å². The lowest BCUT2D eigenvalue weighted by atomic mass is 10.1. The average molecular weight is 250 g/mol. The lowest BCUT2D eigenvalue weighted by Gasteiger charge is -2.25. The third-order valence-electron chi connectivity index (χ3n) is 2.76. The largest absolute Gasteiger partial charge is 0.465 e. The fourth-order valence-corrected chi connectivity index (χ4v) is 1.54. The highest BCUT2D eigenvalue weighted by atomic mass is 16.5. The molecule has 1 aromatic carbocycles. The van der Waals surface area contributed by atoms with Gasteiger partial charge in [-0.2, -0.15) is 0 Å². The van der Waals surface area contributed by atoms with Crippen molar-refractivity contribution < 1.29 is 14.3 Å². The number of ether oxygens (including phenoxy) is 1. The van der Waals surface area contributed by atoms with Crippen molar-refractivity contribution in [1.82, 2.24) is 4.90 Å². The van der Waals surface area contributed by atoms with E-state index < -0.39 is 5.97 Å². The summed E-state index contributed by atoms with van der Waals surface area (Å²) in [6.07, 6.45) is 0. The molecule has 0 aromatic heterocycles. The van der Waals surface area contributed by atoms with E-state index in [1.54, 1.807) is 43.3 Å². The smallest absolute Gasteiger partial charge is 0.339 e. The van der Waals surface area contributed by atoms with Crippen LogP contribution in [0.3, 0.4) is 0 Å². The second kappa shape index (κ2) is 6.05. The number of carbonyl (C=O) groups excluding carboxylic acids is 2. The van der Waals surface area contributed by atoms with E-state index in [-0.39, 0.29) is 6.03 Å². The van der Waals surface area contributed by atoms with Gasteiger partial charge in [0, 0.05) is 20.6 Å². The summed E-state index contributed by atoms with van der Waals surface area (Å²) in [7, 11) is 4.66. The second-order valence-corrected chi connectivity index (χ2v) is 3.86. The quantitative estimate of drug-likeness (QED) is 0.771. The van der Waals surface area contributed by atoms with Crippen molar-refractivity contribution in [2.24, 2.45) is 0 Å². The number of nitrogens with zero attached hydrogens (tertiary/aromatic N) is 2. The van der Waals surface area contributed by atoms with E-state index in [2.05, 4.69) is 0 Å². The third-order valence-corrected chi connectivity index (χ3v) is 2.76. The molecular weight excluding hydrogens is 232 g/mol. The molecule has 1 aromatic rings. The molecule has 1 rings (SSSR count). The van der Waals surface area contributed by atoms with Crippen molar-refractivity contribution in [3.8, 4) is 0 Å². The van der Waals surface area contributed by atoms with Gasteiger partial charge in [-0.1, -0.05) is 12.1 Å². The van der Waals surface area contributed by atoms with Gasteiger partial charge in [-0.05, 0) is 19.1 Å². The van der Waals surface area contributed by atoms with Gasteiger partial charge in [0.15, 0.2) is 0 Å². The summed E-state index contributed by atoms with van der Waals surface area (Å²) < 4.78 is 4.70. The summed E-state index contributed by atoms with van der Waals surface area (Å²) in [5, 5.41) is 0. The van der Waals surface area contributed by atoms with Crippen molar-refractivity contribution in [1.29, 1.82) is 0 Å². The van der Waals surface area contributed by atoms with Gasteiger partial charge in [0.2, 0.25) is 0 Å². The monoisotopic (exact) mass is 250 g/mol. The molecule has 0 aliphatic rings. The Morgan fingerprint density at radius 3 is 2.39 bits per heavy atom. The fourth-order valence-electron chi connectivity index (χ4n) is 1.54. The molecule has 5 nitrogen and oxygen atoms in total. The standard InChI is InChI=1S/C13H18N2O3/c1-5-14(2)13(17)15(3)11-9-7-6-8-10(11)12(16)18-4/h6-9H,5H2,1-4H3. The minimum atomic E-state index is -0.454. The summed E-state index contributed by atoms with van der Waals surface area (Å²) in [5.41, 5.74) is 0.912. The van der Waals surface area contributed by atoms with Crippen LogP contribution in [0, 0.1) is 0 Å². The highest BCUT2D eigenvalue weighted by Gasteiger charge is 2.20. The Hall–Kier alpha value is -2.04. The van der Waals surface area contributed by atoms with Crippen molar-refractivity contribution in [3.63, 3.8) is 0 Å². The molecule has 0 aliphatic carbocycles. The number of benzene rings is 1. The maximum atomic E-state index is 12.0. The van der Waals surface area contributed by atoms with Gasteiger partial charge in [-0.25, -0.2) is 9.59 Å². The molecule has 5 heteroatoms. The molecule has 98 valence electrons. The molecule has 18 heavy (non-hydrogen) atoms. The lowest BCUT2D eigenvalue weighted by molar-refractivity contribution is 0.0601. The minimum Gasteiger partial charge on any atom is -0.465 e. The van der Waals surface area contributed by atoms with Crippen molar-refractivity contribution >= 4 is 17.7 Å². The number of methoxy groups -OCH3 is 1. The predicted molar refractivity (Wildman–Crippen MR) is 69.9 cm³/mol. The van der Waals surface area contributed by atoms with Gasteiger partial charge >= 0.3 is 12.0 Å². The first kappa shape index (κ1) is 14.0. The van der Waals surface area contributed by atoms with Crippen LogP contribution in [-0.4, -0.2) is 44.7 Å². The zero-order valence-electron chi connectivity index (χ0n) is 11.1. The predicted octanol–water partition coefficient (Wildman–Crippen LogP) is 1.98. The normalized spacial score (nSPS) is 9.78. The maximum Gasteiger partial charge on any atom is 0.339 e. The molecule has 0 N–H and O–H groups in total. The first-order chi connectivity index (χ1) is 8.52. The molecular formula is C13H18N2O3. The van der Waals surface area contributed by atoms with Gasteiger partial charge in [-0.3, -0.25) is 4.90 Å². The third kappa shape index (κ3) is 2.80. The summed E-state index contributed by atoms with van der Waals surface area (Å²) in [6.45, 7) is 2.49. The van der Waals surface area contributed by atoms with Gasteiger partial charge < -0.3 is 9.64 Å². The molecule has 0 atom stereocenters. The van der Waals surface area contributed by atoms with Crippen LogP contribution < -0.4 is 4.90 Å². The molecule has 0 fully saturated rings. The SMILES string of the molecule is CCN(C)C(=O)N(C)c1ccccc1C(=O)OC. The van der Waals surface area contributed by atoms with E-state index in [0.29, 0.717) is 17.8 Å². The fraction of sp³-hybridized carbons (Fsp3) is 0.385. The summed E-state index contributed by atoms with van der Waals surface area (Å²) in [5.74, 6) is -0.454. The van der Waals surface area contributed by atoms with Crippen LogP contribution >= 0.6 is 0 Å². The Bertz CT molecular complexity index is 446. The molecule has 0 heterocycles. The summed E-state index contributed by atoms with van der Waals surface area (Å²) in [4.78, 5) is 26.7. The Kier molecular flexibility index (Phi) is 4.71. The van der Waals surface area contributed by atoms with E-state index in [9.17, 15) is 9.59 Å². The number of urea groups is 1. The summed E-state index contributed by atoms with van der Waals surface area (Å²) in [6, 6.07) is 6.69. The van der Waals surface area contributed by atoms with Gasteiger partial charge in [-0.15, -0.1) is 0 Å². The zero-order chi connectivity index (χ0) is 13.7. The zero-order valence-corrected chi connectivity index (χ0v) is 11.1. The van der Waals surface area contributed by atoms with E-state index in [1.807, 2.05) is 6.92 Å².